The van der Waals surface area contributed by atoms with E-state index in [4.69, 9.17) is 4.74 Å². The van der Waals surface area contributed by atoms with Crippen molar-refractivity contribution in [3.8, 4) is 5.06 Å². The van der Waals surface area contributed by atoms with E-state index in [1.807, 2.05) is 6.92 Å². The maximum Gasteiger partial charge on any atom is 0.196 e. The molecule has 2 nitrogen and oxygen atoms in total. The Labute approximate surface area is 71.2 Å². The largest absolute Gasteiger partial charge is 0.486 e. The lowest BCUT2D eigenvalue weighted by Gasteiger charge is -1.94. The Morgan fingerprint density at radius 2 is 2.09 bits per heavy atom. The number of nitrogens with zero attached hydrogens (tertiary/aromatic N) is 1. The SMILES string of the molecule is COc1sc(C(C)C)nc1C. The lowest BCUT2D eigenvalue weighted by atomic mass is 10.2. The first-order valence-corrected chi connectivity index (χ1v) is 4.48. The smallest absolute Gasteiger partial charge is 0.196 e. The second-order valence-corrected chi connectivity index (χ2v) is 3.78. The van der Waals surface area contributed by atoms with Crippen LogP contribution in [0.3, 0.4) is 0 Å². The Hall–Kier alpha value is -0.570. The maximum absolute atomic E-state index is 5.13. The molecule has 1 rings (SSSR count). The molecule has 0 aromatic carbocycles. The molecule has 0 aliphatic rings. The molecule has 1 aromatic rings. The van der Waals surface area contributed by atoms with E-state index in [9.17, 15) is 0 Å². The number of methoxy groups -OCH3 is 1. The lowest BCUT2D eigenvalue weighted by Crippen LogP contribution is -1.84. The number of thiazole rings is 1. The minimum Gasteiger partial charge on any atom is -0.486 e. The summed E-state index contributed by atoms with van der Waals surface area (Å²) in [6.07, 6.45) is 0. The summed E-state index contributed by atoms with van der Waals surface area (Å²) in [6.45, 7) is 6.25. The van der Waals surface area contributed by atoms with Gasteiger partial charge in [0.2, 0.25) is 0 Å². The van der Waals surface area contributed by atoms with E-state index < -0.39 is 0 Å². The quantitative estimate of drug-likeness (QED) is 0.682. The highest BCUT2D eigenvalue weighted by molar-refractivity contribution is 7.13. The van der Waals surface area contributed by atoms with Gasteiger partial charge in [-0.15, -0.1) is 0 Å². The molecule has 1 heterocycles. The Kier molecular flexibility index (Phi) is 2.49. The number of hydrogen-bond donors (Lipinski definition) is 0. The fraction of sp³-hybridized carbons (Fsp3) is 0.625. The van der Waals surface area contributed by atoms with Crippen LogP contribution in [0.2, 0.25) is 0 Å². The molecule has 0 fully saturated rings. The van der Waals surface area contributed by atoms with Gasteiger partial charge < -0.3 is 4.74 Å². The highest BCUT2D eigenvalue weighted by Gasteiger charge is 2.09. The normalized spacial score (nSPS) is 10.6. The Morgan fingerprint density at radius 3 is 2.36 bits per heavy atom. The van der Waals surface area contributed by atoms with Gasteiger partial charge in [-0.2, -0.15) is 0 Å². The van der Waals surface area contributed by atoms with Crippen LogP contribution >= 0.6 is 11.3 Å². The summed E-state index contributed by atoms with van der Waals surface area (Å²) in [5.74, 6) is 0.502. The molecule has 1 aromatic heterocycles. The monoisotopic (exact) mass is 171 g/mol. The van der Waals surface area contributed by atoms with Gasteiger partial charge in [-0.3, -0.25) is 0 Å². The Morgan fingerprint density at radius 1 is 1.45 bits per heavy atom. The first-order valence-electron chi connectivity index (χ1n) is 3.66. The molecular formula is C8H13NOS. The number of aromatic nitrogens is 1. The van der Waals surface area contributed by atoms with Crippen LogP contribution < -0.4 is 4.74 Å². The van der Waals surface area contributed by atoms with Crippen molar-refractivity contribution in [2.24, 2.45) is 0 Å². The summed E-state index contributed by atoms with van der Waals surface area (Å²) in [4.78, 5) is 4.37. The molecule has 0 radical (unpaired) electrons. The fourth-order valence-electron chi connectivity index (χ4n) is 0.839. The minimum atomic E-state index is 0.502. The maximum atomic E-state index is 5.13. The van der Waals surface area contributed by atoms with Crippen LogP contribution in [0.25, 0.3) is 0 Å². The van der Waals surface area contributed by atoms with Gasteiger partial charge >= 0.3 is 0 Å². The third kappa shape index (κ3) is 1.71. The number of ether oxygens (including phenoxy) is 1. The van der Waals surface area contributed by atoms with Crippen molar-refractivity contribution in [2.45, 2.75) is 26.7 Å². The van der Waals surface area contributed by atoms with Crippen molar-refractivity contribution in [3.63, 3.8) is 0 Å². The van der Waals surface area contributed by atoms with Gasteiger partial charge in [0.15, 0.2) is 5.06 Å². The molecule has 0 saturated carbocycles. The molecule has 0 spiro atoms. The van der Waals surface area contributed by atoms with Gasteiger partial charge in [0.25, 0.3) is 0 Å². The summed E-state index contributed by atoms with van der Waals surface area (Å²) < 4.78 is 5.13. The van der Waals surface area contributed by atoms with Crippen molar-refractivity contribution in [3.05, 3.63) is 10.7 Å². The molecule has 0 aliphatic heterocycles. The van der Waals surface area contributed by atoms with E-state index in [0.29, 0.717) is 5.92 Å². The molecule has 0 saturated heterocycles. The fourth-order valence-corrected chi connectivity index (χ4v) is 1.72. The Bertz CT molecular complexity index is 242. The van der Waals surface area contributed by atoms with E-state index in [1.54, 1.807) is 18.4 Å². The van der Waals surface area contributed by atoms with Crippen LogP contribution in [0, 0.1) is 6.92 Å². The van der Waals surface area contributed by atoms with E-state index in [-0.39, 0.29) is 0 Å². The van der Waals surface area contributed by atoms with Gasteiger partial charge in [-0.05, 0) is 6.92 Å². The predicted molar refractivity (Wildman–Crippen MR) is 47.5 cm³/mol. The minimum absolute atomic E-state index is 0.502. The molecule has 0 aliphatic carbocycles. The van der Waals surface area contributed by atoms with Crippen molar-refractivity contribution in [2.75, 3.05) is 7.11 Å². The zero-order valence-electron chi connectivity index (χ0n) is 7.34. The Balaban J connectivity index is 2.95. The molecular weight excluding hydrogens is 158 g/mol. The van der Waals surface area contributed by atoms with Crippen LogP contribution in [0.5, 0.6) is 5.06 Å². The molecule has 0 atom stereocenters. The van der Waals surface area contributed by atoms with Crippen molar-refractivity contribution < 1.29 is 4.74 Å². The van der Waals surface area contributed by atoms with E-state index in [2.05, 4.69) is 18.8 Å². The lowest BCUT2D eigenvalue weighted by molar-refractivity contribution is 0.423. The van der Waals surface area contributed by atoms with Gasteiger partial charge in [-0.1, -0.05) is 25.2 Å². The van der Waals surface area contributed by atoms with E-state index in [1.165, 1.54) is 0 Å². The van der Waals surface area contributed by atoms with E-state index in [0.717, 1.165) is 15.8 Å². The average Bonchev–Trinajstić information content (AvgIpc) is 2.31. The molecule has 0 bridgehead atoms. The standard InChI is InChI=1S/C8H13NOS/c1-5(2)7-9-6(3)8(10-4)11-7/h5H,1-4H3. The van der Waals surface area contributed by atoms with Crippen molar-refractivity contribution >= 4 is 11.3 Å². The summed E-state index contributed by atoms with van der Waals surface area (Å²) in [7, 11) is 1.69. The van der Waals surface area contributed by atoms with Crippen molar-refractivity contribution in [1.29, 1.82) is 0 Å². The van der Waals surface area contributed by atoms with Crippen LogP contribution in [-0.2, 0) is 0 Å². The summed E-state index contributed by atoms with van der Waals surface area (Å²) >= 11 is 1.63. The second kappa shape index (κ2) is 3.22. The van der Waals surface area contributed by atoms with Crippen molar-refractivity contribution in [1.82, 2.24) is 4.98 Å². The highest BCUT2D eigenvalue weighted by Crippen LogP contribution is 2.30. The molecule has 0 amide bonds. The van der Waals surface area contributed by atoms with Crippen LogP contribution in [0.1, 0.15) is 30.5 Å². The average molecular weight is 171 g/mol. The summed E-state index contributed by atoms with van der Waals surface area (Å²) in [5, 5.41) is 2.09. The summed E-state index contributed by atoms with van der Waals surface area (Å²) in [6, 6.07) is 0. The van der Waals surface area contributed by atoms with Gasteiger partial charge in [0.1, 0.15) is 0 Å². The first kappa shape index (κ1) is 8.53. The third-order valence-corrected chi connectivity index (χ3v) is 2.87. The molecule has 62 valence electrons. The molecule has 0 N–H and O–H groups in total. The van der Waals surface area contributed by atoms with Crippen LogP contribution in [0.15, 0.2) is 0 Å². The third-order valence-electron chi connectivity index (χ3n) is 1.45. The molecule has 3 heteroatoms. The zero-order valence-corrected chi connectivity index (χ0v) is 8.16. The highest BCUT2D eigenvalue weighted by atomic mass is 32.1. The number of rotatable bonds is 2. The zero-order chi connectivity index (χ0) is 8.43. The topological polar surface area (TPSA) is 22.1 Å². The van der Waals surface area contributed by atoms with Crippen LogP contribution in [-0.4, -0.2) is 12.1 Å². The summed E-state index contributed by atoms with van der Waals surface area (Å²) in [5.41, 5.74) is 1.00. The first-order chi connectivity index (χ1) is 5.15. The molecule has 0 unspecified atom stereocenters. The van der Waals surface area contributed by atoms with Crippen LogP contribution in [0.4, 0.5) is 0 Å². The van der Waals surface area contributed by atoms with Gasteiger partial charge in [-0.25, -0.2) is 4.98 Å². The van der Waals surface area contributed by atoms with Gasteiger partial charge in [0.05, 0.1) is 17.8 Å². The predicted octanol–water partition coefficient (Wildman–Crippen LogP) is 2.58. The second-order valence-electron chi connectivity index (χ2n) is 2.78. The van der Waals surface area contributed by atoms with Gasteiger partial charge in [0, 0.05) is 5.92 Å². The number of hydrogen-bond acceptors (Lipinski definition) is 3. The molecule has 11 heavy (non-hydrogen) atoms. The number of aryl methyl sites for hydroxylation is 1. The van der Waals surface area contributed by atoms with E-state index >= 15 is 0 Å².